The Hall–Kier alpha value is -2.81. The van der Waals surface area contributed by atoms with Crippen molar-refractivity contribution in [3.8, 4) is 5.75 Å². The molecule has 0 fully saturated rings. The molecule has 2 aromatic carbocycles. The Morgan fingerprint density at radius 2 is 1.90 bits per heavy atom. The molecule has 0 bridgehead atoms. The summed E-state index contributed by atoms with van der Waals surface area (Å²) < 4.78 is 61.4. The maximum absolute atomic E-state index is 13.8. The largest absolute Gasteiger partial charge is 0.495 e. The van der Waals surface area contributed by atoms with Gasteiger partial charge in [0.05, 0.1) is 31.1 Å². The predicted octanol–water partition coefficient (Wildman–Crippen LogP) is 5.54. The molecule has 0 aromatic heterocycles. The van der Waals surface area contributed by atoms with Crippen molar-refractivity contribution < 1.29 is 31.8 Å². The Balaban J connectivity index is 0.000000749. The minimum Gasteiger partial charge on any atom is -0.495 e. The van der Waals surface area contributed by atoms with Crippen LogP contribution in [-0.4, -0.2) is 25.9 Å². The Kier molecular flexibility index (Phi) is 9.40. The summed E-state index contributed by atoms with van der Waals surface area (Å²) in [5.74, 6) is -0.589. The van der Waals surface area contributed by atoms with E-state index < -0.39 is 17.6 Å². The molecule has 0 aliphatic heterocycles. The molecule has 2 rings (SSSR count). The number of esters is 1. The number of carbonyl (C=O) groups is 1. The number of alkyl halides is 3. The van der Waals surface area contributed by atoms with Gasteiger partial charge < -0.3 is 14.8 Å². The van der Waals surface area contributed by atoms with Crippen molar-refractivity contribution >= 4 is 34.6 Å². The molecule has 0 aliphatic rings. The van der Waals surface area contributed by atoms with Crippen LogP contribution in [-0.2, 0) is 22.3 Å². The monoisotopic (exact) mass is 434 g/mol. The molecule has 5 nitrogen and oxygen atoms in total. The van der Waals surface area contributed by atoms with Gasteiger partial charge in [-0.05, 0) is 29.8 Å². The standard InChI is InChI=1S/C16H13ClF4N2O.C3H6O2/c1-24-14-6-5-11(16(19,20)21)7-13(14)22-8-10-3-2-4-12(18)15(10)23-9-17;1-3(4)5-2/h2-7,9,22H,8H2,1H3;1-2H3. The number of benzene rings is 2. The zero-order valence-electron chi connectivity index (χ0n) is 15.8. The normalized spacial score (nSPS) is 10.9. The molecule has 1 N–H and O–H groups in total. The number of anilines is 1. The van der Waals surface area contributed by atoms with Gasteiger partial charge in [0, 0.05) is 13.5 Å². The lowest BCUT2D eigenvalue weighted by Gasteiger charge is -2.15. The molecule has 158 valence electrons. The van der Waals surface area contributed by atoms with Crippen LogP contribution in [0, 0.1) is 5.82 Å². The average molecular weight is 435 g/mol. The number of nitrogens with zero attached hydrogens (tertiary/aromatic N) is 1. The fraction of sp³-hybridized carbons (Fsp3) is 0.263. The van der Waals surface area contributed by atoms with Gasteiger partial charge >= 0.3 is 12.1 Å². The highest BCUT2D eigenvalue weighted by Gasteiger charge is 2.31. The highest BCUT2D eigenvalue weighted by molar-refractivity contribution is 6.56. The maximum Gasteiger partial charge on any atom is 0.416 e. The molecule has 0 spiro atoms. The SMILES string of the molecule is COC(C)=O.COc1ccc(C(F)(F)F)cc1NCc1cccc(F)c1N=CCl. The first-order valence-electron chi connectivity index (χ1n) is 8.07. The van der Waals surface area contributed by atoms with E-state index in [9.17, 15) is 22.4 Å². The lowest BCUT2D eigenvalue weighted by molar-refractivity contribution is -0.138. The molecular weight excluding hydrogens is 416 g/mol. The number of nitrogens with one attached hydrogen (secondary N) is 1. The number of ether oxygens (including phenoxy) is 2. The Labute approximate surface area is 170 Å². The van der Waals surface area contributed by atoms with Crippen LogP contribution in [0.15, 0.2) is 41.4 Å². The van der Waals surface area contributed by atoms with E-state index in [1.54, 1.807) is 6.07 Å². The van der Waals surface area contributed by atoms with E-state index in [1.165, 1.54) is 39.3 Å². The first kappa shape index (κ1) is 24.2. The van der Waals surface area contributed by atoms with Crippen molar-refractivity contribution in [2.24, 2.45) is 4.99 Å². The van der Waals surface area contributed by atoms with Crippen molar-refractivity contribution in [1.29, 1.82) is 0 Å². The summed E-state index contributed by atoms with van der Waals surface area (Å²) in [5, 5.41) is 2.81. The second-order valence-electron chi connectivity index (χ2n) is 5.44. The Bertz CT molecular complexity index is 858. The fourth-order valence-electron chi connectivity index (χ4n) is 2.11. The van der Waals surface area contributed by atoms with E-state index in [4.69, 9.17) is 16.3 Å². The van der Waals surface area contributed by atoms with E-state index in [1.807, 2.05) is 0 Å². The van der Waals surface area contributed by atoms with Crippen molar-refractivity contribution in [2.75, 3.05) is 19.5 Å². The second kappa shape index (κ2) is 11.3. The van der Waals surface area contributed by atoms with Gasteiger partial charge in [0.25, 0.3) is 0 Å². The van der Waals surface area contributed by atoms with E-state index in [2.05, 4.69) is 15.0 Å². The van der Waals surface area contributed by atoms with Crippen molar-refractivity contribution in [2.45, 2.75) is 19.6 Å². The smallest absolute Gasteiger partial charge is 0.416 e. The van der Waals surface area contributed by atoms with Crippen LogP contribution in [0.25, 0.3) is 0 Å². The summed E-state index contributed by atoms with van der Waals surface area (Å²) in [4.78, 5) is 13.3. The summed E-state index contributed by atoms with van der Waals surface area (Å²) in [6.07, 6.45) is -4.48. The fourth-order valence-corrected chi connectivity index (χ4v) is 2.21. The van der Waals surface area contributed by atoms with Gasteiger partial charge in [-0.1, -0.05) is 23.7 Å². The number of rotatable bonds is 5. The minimum atomic E-state index is -4.48. The van der Waals surface area contributed by atoms with Crippen LogP contribution in [0.1, 0.15) is 18.1 Å². The summed E-state index contributed by atoms with van der Waals surface area (Å²) in [6.45, 7) is 1.40. The highest BCUT2D eigenvalue weighted by atomic mass is 35.5. The quantitative estimate of drug-likeness (QED) is 0.381. The second-order valence-corrected chi connectivity index (χ2v) is 5.63. The number of carbonyl (C=O) groups excluding carboxylic acids is 1. The topological polar surface area (TPSA) is 59.9 Å². The van der Waals surface area contributed by atoms with Gasteiger partial charge in [0.15, 0.2) is 0 Å². The zero-order chi connectivity index (χ0) is 22.0. The van der Waals surface area contributed by atoms with Crippen LogP contribution >= 0.6 is 11.6 Å². The zero-order valence-corrected chi connectivity index (χ0v) is 16.6. The van der Waals surface area contributed by atoms with Gasteiger partial charge in [0.1, 0.15) is 17.3 Å². The van der Waals surface area contributed by atoms with Crippen molar-refractivity contribution in [1.82, 2.24) is 0 Å². The van der Waals surface area contributed by atoms with E-state index in [0.29, 0.717) is 5.56 Å². The Morgan fingerprint density at radius 3 is 2.41 bits per heavy atom. The van der Waals surface area contributed by atoms with Crippen LogP contribution in [0.4, 0.5) is 28.9 Å². The van der Waals surface area contributed by atoms with Gasteiger partial charge in [-0.2, -0.15) is 13.2 Å². The van der Waals surface area contributed by atoms with Gasteiger partial charge in [-0.3, -0.25) is 4.79 Å². The molecule has 2 aromatic rings. The first-order valence-corrected chi connectivity index (χ1v) is 8.51. The minimum absolute atomic E-state index is 0.0194. The molecular formula is C19H19ClF4N2O3. The lowest BCUT2D eigenvalue weighted by Crippen LogP contribution is -2.08. The lowest BCUT2D eigenvalue weighted by atomic mass is 10.1. The number of methoxy groups -OCH3 is 2. The van der Waals surface area contributed by atoms with Crippen LogP contribution in [0.2, 0.25) is 0 Å². The number of para-hydroxylation sites is 1. The Morgan fingerprint density at radius 1 is 1.24 bits per heavy atom. The third-order valence-electron chi connectivity index (χ3n) is 3.53. The number of hydrogen-bond acceptors (Lipinski definition) is 5. The molecule has 0 aliphatic carbocycles. The number of hydrogen-bond donors (Lipinski definition) is 1. The molecule has 0 saturated carbocycles. The van der Waals surface area contributed by atoms with E-state index >= 15 is 0 Å². The molecule has 0 radical (unpaired) electrons. The molecule has 0 saturated heterocycles. The molecule has 0 heterocycles. The average Bonchev–Trinajstić information content (AvgIpc) is 2.68. The maximum atomic E-state index is 13.8. The summed E-state index contributed by atoms with van der Waals surface area (Å²) in [5.41, 5.74) is 0.700. The third-order valence-corrected chi connectivity index (χ3v) is 3.63. The highest BCUT2D eigenvalue weighted by Crippen LogP contribution is 2.35. The molecule has 0 unspecified atom stereocenters. The number of halogens is 5. The molecule has 0 atom stereocenters. The van der Waals surface area contributed by atoms with E-state index in [0.717, 1.165) is 17.8 Å². The van der Waals surface area contributed by atoms with Crippen LogP contribution < -0.4 is 10.1 Å². The predicted molar refractivity (Wildman–Crippen MR) is 103 cm³/mol. The summed E-state index contributed by atoms with van der Waals surface area (Å²) >= 11 is 5.39. The first-order chi connectivity index (χ1) is 13.6. The molecule has 29 heavy (non-hydrogen) atoms. The van der Waals surface area contributed by atoms with Crippen LogP contribution in [0.3, 0.4) is 0 Å². The molecule has 0 amide bonds. The summed E-state index contributed by atoms with van der Waals surface area (Å²) in [6, 6.07) is 7.36. The van der Waals surface area contributed by atoms with E-state index in [-0.39, 0.29) is 29.6 Å². The van der Waals surface area contributed by atoms with Gasteiger partial charge in [0.2, 0.25) is 0 Å². The summed E-state index contributed by atoms with van der Waals surface area (Å²) in [7, 11) is 2.70. The number of aliphatic imine (C=N–C) groups is 1. The van der Waals surface area contributed by atoms with Crippen molar-refractivity contribution in [3.63, 3.8) is 0 Å². The van der Waals surface area contributed by atoms with Crippen molar-refractivity contribution in [3.05, 3.63) is 53.3 Å². The van der Waals surface area contributed by atoms with Gasteiger partial charge in [-0.25, -0.2) is 9.38 Å². The third kappa shape index (κ3) is 7.61. The molecule has 10 heteroatoms. The van der Waals surface area contributed by atoms with Crippen LogP contribution in [0.5, 0.6) is 5.75 Å². The van der Waals surface area contributed by atoms with Gasteiger partial charge in [-0.15, -0.1) is 0 Å².